The van der Waals surface area contributed by atoms with E-state index in [2.05, 4.69) is 6.58 Å². The van der Waals surface area contributed by atoms with E-state index < -0.39 is 23.0 Å². The van der Waals surface area contributed by atoms with Gasteiger partial charge in [0, 0.05) is 23.7 Å². The SMILES string of the molecule is C=CC1C(C2=CCOC2)C(=O)N(c2ccc([N+](=O)[O-])cc2)C1O. The van der Waals surface area contributed by atoms with Gasteiger partial charge in [-0.15, -0.1) is 6.58 Å². The minimum Gasteiger partial charge on any atom is -0.373 e. The molecule has 7 heteroatoms. The molecule has 0 aliphatic carbocycles. The maximum absolute atomic E-state index is 12.8. The van der Waals surface area contributed by atoms with E-state index in [1.165, 1.54) is 29.2 Å². The summed E-state index contributed by atoms with van der Waals surface area (Å²) in [5.74, 6) is -1.22. The van der Waals surface area contributed by atoms with Crippen molar-refractivity contribution in [1.29, 1.82) is 0 Å². The monoisotopic (exact) mass is 316 g/mol. The van der Waals surface area contributed by atoms with Crippen LogP contribution >= 0.6 is 0 Å². The van der Waals surface area contributed by atoms with E-state index in [9.17, 15) is 20.0 Å². The molecular formula is C16H16N2O5. The number of amides is 1. The number of benzene rings is 1. The number of rotatable bonds is 4. The molecule has 1 N–H and O–H groups in total. The molecule has 0 radical (unpaired) electrons. The Morgan fingerprint density at radius 2 is 2.09 bits per heavy atom. The van der Waals surface area contributed by atoms with Crippen LogP contribution in [0, 0.1) is 22.0 Å². The number of nitrogens with zero attached hydrogens (tertiary/aromatic N) is 2. The number of hydrogen-bond acceptors (Lipinski definition) is 5. The van der Waals surface area contributed by atoms with Crippen LogP contribution < -0.4 is 4.90 Å². The highest BCUT2D eigenvalue weighted by Gasteiger charge is 2.48. The molecule has 1 amide bonds. The molecule has 1 saturated heterocycles. The second-order valence-electron chi connectivity index (χ2n) is 5.48. The molecule has 3 unspecified atom stereocenters. The molecule has 3 rings (SSSR count). The van der Waals surface area contributed by atoms with Gasteiger partial charge in [-0.3, -0.25) is 19.8 Å². The van der Waals surface area contributed by atoms with Crippen LogP contribution in [0.2, 0.25) is 0 Å². The van der Waals surface area contributed by atoms with E-state index in [4.69, 9.17) is 4.74 Å². The van der Waals surface area contributed by atoms with Crippen LogP contribution in [-0.2, 0) is 9.53 Å². The first-order valence-corrected chi connectivity index (χ1v) is 7.19. The minimum absolute atomic E-state index is 0.0707. The predicted molar refractivity (Wildman–Crippen MR) is 82.7 cm³/mol. The third-order valence-corrected chi connectivity index (χ3v) is 4.24. The molecule has 23 heavy (non-hydrogen) atoms. The molecule has 0 aromatic heterocycles. The van der Waals surface area contributed by atoms with Crippen molar-refractivity contribution in [2.24, 2.45) is 11.8 Å². The number of aliphatic hydroxyl groups excluding tert-OH is 1. The van der Waals surface area contributed by atoms with Crippen LogP contribution in [0.15, 0.2) is 48.6 Å². The summed E-state index contributed by atoms with van der Waals surface area (Å²) in [4.78, 5) is 24.3. The predicted octanol–water partition coefficient (Wildman–Crippen LogP) is 1.63. The molecule has 2 heterocycles. The third kappa shape index (κ3) is 2.54. The largest absolute Gasteiger partial charge is 0.373 e. The Bertz CT molecular complexity index is 682. The summed E-state index contributed by atoms with van der Waals surface area (Å²) < 4.78 is 5.27. The minimum atomic E-state index is -1.06. The van der Waals surface area contributed by atoms with Gasteiger partial charge in [-0.05, 0) is 17.7 Å². The van der Waals surface area contributed by atoms with E-state index in [0.717, 1.165) is 5.57 Å². The molecule has 7 nitrogen and oxygen atoms in total. The molecule has 0 saturated carbocycles. The molecule has 0 spiro atoms. The molecule has 0 bridgehead atoms. The first-order valence-electron chi connectivity index (χ1n) is 7.19. The summed E-state index contributed by atoms with van der Waals surface area (Å²) >= 11 is 0. The highest BCUT2D eigenvalue weighted by Crippen LogP contribution is 2.39. The van der Waals surface area contributed by atoms with Crippen LogP contribution in [0.4, 0.5) is 11.4 Å². The number of anilines is 1. The highest BCUT2D eigenvalue weighted by molar-refractivity contribution is 6.00. The first-order chi connectivity index (χ1) is 11.0. The Balaban J connectivity index is 1.94. The fraction of sp³-hybridized carbons (Fsp3) is 0.312. The van der Waals surface area contributed by atoms with Gasteiger partial charge < -0.3 is 9.84 Å². The maximum Gasteiger partial charge on any atom is 0.269 e. The molecule has 2 aliphatic heterocycles. The van der Waals surface area contributed by atoms with Crippen molar-refractivity contribution >= 4 is 17.3 Å². The van der Waals surface area contributed by atoms with Gasteiger partial charge in [0.1, 0.15) is 6.23 Å². The van der Waals surface area contributed by atoms with Crippen LogP contribution in [0.25, 0.3) is 0 Å². The Hall–Kier alpha value is -2.51. The van der Waals surface area contributed by atoms with Gasteiger partial charge in [-0.25, -0.2) is 0 Å². The van der Waals surface area contributed by atoms with E-state index in [1.807, 2.05) is 6.08 Å². The molecule has 1 aromatic carbocycles. The Kier molecular flexibility index (Phi) is 3.97. The topological polar surface area (TPSA) is 92.9 Å². The van der Waals surface area contributed by atoms with Gasteiger partial charge in [-0.1, -0.05) is 12.2 Å². The molecule has 2 aliphatic rings. The third-order valence-electron chi connectivity index (χ3n) is 4.24. The van der Waals surface area contributed by atoms with Crippen molar-refractivity contribution in [1.82, 2.24) is 0 Å². The summed E-state index contributed by atoms with van der Waals surface area (Å²) in [7, 11) is 0. The van der Waals surface area contributed by atoms with Gasteiger partial charge in [0.2, 0.25) is 5.91 Å². The van der Waals surface area contributed by atoms with Crippen LogP contribution in [0.1, 0.15) is 0 Å². The fourth-order valence-corrected chi connectivity index (χ4v) is 3.09. The Morgan fingerprint density at radius 1 is 1.39 bits per heavy atom. The van der Waals surface area contributed by atoms with Crippen molar-refractivity contribution in [3.8, 4) is 0 Å². The van der Waals surface area contributed by atoms with E-state index >= 15 is 0 Å². The van der Waals surface area contributed by atoms with E-state index in [0.29, 0.717) is 18.9 Å². The number of nitro benzene ring substituents is 1. The van der Waals surface area contributed by atoms with Crippen molar-refractivity contribution < 1.29 is 19.6 Å². The van der Waals surface area contributed by atoms with Crippen molar-refractivity contribution in [3.05, 3.63) is 58.7 Å². The van der Waals surface area contributed by atoms with Crippen LogP contribution in [-0.4, -0.2) is 35.4 Å². The molecule has 1 aromatic rings. The lowest BCUT2D eigenvalue weighted by molar-refractivity contribution is -0.384. The summed E-state index contributed by atoms with van der Waals surface area (Å²) in [6.45, 7) is 4.54. The highest BCUT2D eigenvalue weighted by atomic mass is 16.6. The average Bonchev–Trinajstić information content (AvgIpc) is 3.13. The smallest absolute Gasteiger partial charge is 0.269 e. The normalized spacial score (nSPS) is 27.2. The zero-order valence-corrected chi connectivity index (χ0v) is 12.3. The second-order valence-corrected chi connectivity index (χ2v) is 5.48. The van der Waals surface area contributed by atoms with Gasteiger partial charge in [0.25, 0.3) is 5.69 Å². The maximum atomic E-state index is 12.8. The van der Waals surface area contributed by atoms with Gasteiger partial charge in [0.05, 0.1) is 24.1 Å². The fourth-order valence-electron chi connectivity index (χ4n) is 3.09. The Labute approximate surface area is 132 Å². The lowest BCUT2D eigenvalue weighted by atomic mass is 9.88. The van der Waals surface area contributed by atoms with Gasteiger partial charge >= 0.3 is 0 Å². The summed E-state index contributed by atoms with van der Waals surface area (Å²) in [6.07, 6.45) is 2.36. The van der Waals surface area contributed by atoms with Crippen molar-refractivity contribution in [2.45, 2.75) is 6.23 Å². The lowest BCUT2D eigenvalue weighted by Gasteiger charge is -2.22. The van der Waals surface area contributed by atoms with E-state index in [1.54, 1.807) is 6.08 Å². The lowest BCUT2D eigenvalue weighted by Crippen LogP contribution is -2.34. The number of carbonyl (C=O) groups excluding carboxylic acids is 1. The summed E-state index contributed by atoms with van der Waals surface area (Å²) in [5.41, 5.74) is 1.18. The van der Waals surface area contributed by atoms with Gasteiger partial charge in [0.15, 0.2) is 0 Å². The molecule has 120 valence electrons. The molecule has 3 atom stereocenters. The summed E-state index contributed by atoms with van der Waals surface area (Å²) in [5, 5.41) is 21.2. The van der Waals surface area contributed by atoms with Crippen molar-refractivity contribution in [3.63, 3.8) is 0 Å². The van der Waals surface area contributed by atoms with Crippen LogP contribution in [0.3, 0.4) is 0 Å². The zero-order valence-electron chi connectivity index (χ0n) is 12.3. The first kappa shape index (κ1) is 15.4. The quantitative estimate of drug-likeness (QED) is 0.518. The number of non-ortho nitro benzene ring substituents is 1. The van der Waals surface area contributed by atoms with E-state index in [-0.39, 0.29) is 11.6 Å². The molecular weight excluding hydrogens is 300 g/mol. The standard InChI is InChI=1S/C16H16N2O5/c1-2-13-14(10-7-8-23-9-10)16(20)17(15(13)19)11-3-5-12(6-4-11)18(21)22/h2-7,13-15,19H,1,8-9H2. The number of hydrogen-bond donors (Lipinski definition) is 1. The van der Waals surface area contributed by atoms with Crippen LogP contribution in [0.5, 0.6) is 0 Å². The molecule has 1 fully saturated rings. The van der Waals surface area contributed by atoms with Gasteiger partial charge in [-0.2, -0.15) is 0 Å². The average molecular weight is 316 g/mol. The number of ether oxygens (including phenoxy) is 1. The van der Waals surface area contributed by atoms with Crippen molar-refractivity contribution in [2.75, 3.05) is 18.1 Å². The second kappa shape index (κ2) is 5.94. The zero-order chi connectivity index (χ0) is 16.6. The summed E-state index contributed by atoms with van der Waals surface area (Å²) in [6, 6.07) is 5.54. The Morgan fingerprint density at radius 3 is 2.61 bits per heavy atom. The number of carbonyl (C=O) groups is 1. The number of nitro groups is 1. The number of aliphatic hydroxyl groups is 1.